The van der Waals surface area contributed by atoms with Gasteiger partial charge in [0.2, 0.25) is 0 Å². The molecule has 2 aromatic rings. The first kappa shape index (κ1) is 13.9. The highest BCUT2D eigenvalue weighted by Gasteiger charge is 2.14. The molecule has 0 heterocycles. The summed E-state index contributed by atoms with van der Waals surface area (Å²) >= 11 is 0. The molecule has 0 N–H and O–H groups in total. The third kappa shape index (κ3) is 3.29. The number of nitrogens with zero attached hydrogens (tertiary/aromatic N) is 1. The number of benzene rings is 2. The molecule has 0 spiro atoms. The van der Waals surface area contributed by atoms with E-state index in [0.717, 1.165) is 5.56 Å². The van der Waals surface area contributed by atoms with Gasteiger partial charge in [-0.05, 0) is 29.7 Å². The molecule has 20 heavy (non-hydrogen) atoms. The zero-order valence-electron chi connectivity index (χ0n) is 11.0. The fraction of sp³-hybridized carbons (Fsp3) is 0.125. The number of allylic oxidation sites excluding steroid dienone is 1. The van der Waals surface area contributed by atoms with Gasteiger partial charge in [-0.1, -0.05) is 42.5 Å². The molecule has 2 rings (SSSR count). The van der Waals surface area contributed by atoms with Crippen LogP contribution in [0.25, 0.3) is 6.08 Å². The van der Waals surface area contributed by atoms with Crippen LogP contribution in [0.5, 0.6) is 0 Å². The molecule has 3 nitrogen and oxygen atoms in total. The number of rotatable bonds is 4. The van der Waals surface area contributed by atoms with Crippen molar-refractivity contribution >= 4 is 6.08 Å². The van der Waals surface area contributed by atoms with Gasteiger partial charge < -0.3 is 0 Å². The van der Waals surface area contributed by atoms with Gasteiger partial charge in [0, 0.05) is 6.08 Å². The second kappa shape index (κ2) is 6.10. The first-order chi connectivity index (χ1) is 9.58. The summed E-state index contributed by atoms with van der Waals surface area (Å²) in [7, 11) is 0. The zero-order chi connectivity index (χ0) is 14.5. The molecule has 4 heteroatoms. The van der Waals surface area contributed by atoms with E-state index < -0.39 is 4.92 Å². The zero-order valence-corrected chi connectivity index (χ0v) is 11.0. The summed E-state index contributed by atoms with van der Waals surface area (Å²) in [6.07, 6.45) is 1.62. The summed E-state index contributed by atoms with van der Waals surface area (Å²) in [6, 6.07) is 13.7. The van der Waals surface area contributed by atoms with Gasteiger partial charge >= 0.3 is 0 Å². The number of nitro groups is 1. The summed E-state index contributed by atoms with van der Waals surface area (Å²) in [6.45, 7) is 1.63. The first-order valence-electron chi connectivity index (χ1n) is 6.22. The lowest BCUT2D eigenvalue weighted by atomic mass is 10.0. The number of halogens is 1. The van der Waals surface area contributed by atoms with Crippen LogP contribution >= 0.6 is 0 Å². The molecule has 0 amide bonds. The van der Waals surface area contributed by atoms with Crippen molar-refractivity contribution in [1.82, 2.24) is 0 Å². The van der Waals surface area contributed by atoms with Crippen molar-refractivity contribution in [3.8, 4) is 0 Å². The third-order valence-corrected chi connectivity index (χ3v) is 3.12. The van der Waals surface area contributed by atoms with Crippen molar-refractivity contribution in [2.45, 2.75) is 13.3 Å². The molecule has 0 aliphatic rings. The number of hydrogen-bond donors (Lipinski definition) is 0. The van der Waals surface area contributed by atoms with Crippen molar-refractivity contribution in [2.75, 3.05) is 0 Å². The van der Waals surface area contributed by atoms with Crippen LogP contribution in [0, 0.1) is 22.9 Å². The molecule has 0 radical (unpaired) electrons. The molecule has 2 aromatic carbocycles. The molecule has 102 valence electrons. The molecular weight excluding hydrogens is 257 g/mol. The van der Waals surface area contributed by atoms with Gasteiger partial charge in [0.15, 0.2) is 0 Å². The minimum Gasteiger partial charge on any atom is -0.259 e. The Bertz CT molecular complexity index is 651. The topological polar surface area (TPSA) is 43.1 Å². The minimum absolute atomic E-state index is 0.0462. The Hall–Kier alpha value is -2.49. The van der Waals surface area contributed by atoms with Gasteiger partial charge in [0.1, 0.15) is 5.82 Å². The van der Waals surface area contributed by atoms with Crippen LogP contribution < -0.4 is 0 Å². The molecule has 0 aliphatic heterocycles. The molecule has 0 fully saturated rings. The standard InChI is InChI=1S/C16H14FNO2/c1-12-14(8-5-9-16(12)17)11-15(18(19)20)10-13-6-3-2-4-7-13/h2-10H,11H2,1H3. The van der Waals surface area contributed by atoms with Crippen LogP contribution in [0.2, 0.25) is 0 Å². The molecule has 0 saturated heterocycles. The van der Waals surface area contributed by atoms with E-state index in [0.29, 0.717) is 11.1 Å². The summed E-state index contributed by atoms with van der Waals surface area (Å²) in [5.74, 6) is -0.343. The van der Waals surface area contributed by atoms with Crippen LogP contribution in [0.1, 0.15) is 16.7 Å². The van der Waals surface area contributed by atoms with E-state index in [1.54, 1.807) is 31.2 Å². The Morgan fingerprint density at radius 3 is 2.55 bits per heavy atom. The largest absolute Gasteiger partial charge is 0.259 e. The average molecular weight is 271 g/mol. The van der Waals surface area contributed by atoms with Crippen LogP contribution in [0.15, 0.2) is 54.2 Å². The van der Waals surface area contributed by atoms with Crippen LogP contribution in [-0.2, 0) is 6.42 Å². The molecule has 0 aromatic heterocycles. The summed E-state index contributed by atoms with van der Waals surface area (Å²) < 4.78 is 13.5. The van der Waals surface area contributed by atoms with Gasteiger partial charge in [0.25, 0.3) is 5.70 Å². The molecule has 0 saturated carbocycles. The van der Waals surface area contributed by atoms with E-state index in [1.807, 2.05) is 18.2 Å². The van der Waals surface area contributed by atoms with Crippen LogP contribution in [0.4, 0.5) is 4.39 Å². The summed E-state index contributed by atoms with van der Waals surface area (Å²) in [5, 5.41) is 11.1. The highest BCUT2D eigenvalue weighted by molar-refractivity contribution is 5.51. The summed E-state index contributed by atoms with van der Waals surface area (Å²) in [4.78, 5) is 10.7. The SMILES string of the molecule is Cc1c(F)cccc1CC(=Cc1ccccc1)[N+](=O)[O-]. The second-order valence-corrected chi connectivity index (χ2v) is 4.50. The Kier molecular flexibility index (Phi) is 4.25. The van der Waals surface area contributed by atoms with Crippen molar-refractivity contribution in [1.29, 1.82) is 0 Å². The maximum atomic E-state index is 13.5. The Balaban J connectivity index is 2.34. The Morgan fingerprint density at radius 2 is 1.90 bits per heavy atom. The second-order valence-electron chi connectivity index (χ2n) is 4.50. The van der Waals surface area contributed by atoms with Gasteiger partial charge in [-0.2, -0.15) is 0 Å². The smallest absolute Gasteiger partial charge is 0.251 e. The highest BCUT2D eigenvalue weighted by atomic mass is 19.1. The lowest BCUT2D eigenvalue weighted by Crippen LogP contribution is -2.04. The molecule has 0 unspecified atom stereocenters. The predicted molar refractivity (Wildman–Crippen MR) is 76.3 cm³/mol. The Labute approximate surface area is 116 Å². The highest BCUT2D eigenvalue weighted by Crippen LogP contribution is 2.18. The van der Waals surface area contributed by atoms with Crippen LogP contribution in [0.3, 0.4) is 0 Å². The predicted octanol–water partition coefficient (Wildman–Crippen LogP) is 3.99. The van der Waals surface area contributed by atoms with E-state index in [2.05, 4.69) is 0 Å². The van der Waals surface area contributed by atoms with Gasteiger partial charge in [-0.3, -0.25) is 10.1 Å². The van der Waals surface area contributed by atoms with Gasteiger partial charge in [-0.15, -0.1) is 0 Å². The quantitative estimate of drug-likeness (QED) is 0.623. The van der Waals surface area contributed by atoms with Crippen molar-refractivity contribution < 1.29 is 9.31 Å². The van der Waals surface area contributed by atoms with E-state index in [-0.39, 0.29) is 17.9 Å². The van der Waals surface area contributed by atoms with Gasteiger partial charge in [0.05, 0.1) is 11.3 Å². The lowest BCUT2D eigenvalue weighted by molar-refractivity contribution is -0.425. The average Bonchev–Trinajstić information content (AvgIpc) is 2.44. The Morgan fingerprint density at radius 1 is 1.20 bits per heavy atom. The number of hydrogen-bond acceptors (Lipinski definition) is 2. The van der Waals surface area contributed by atoms with Crippen molar-refractivity contribution in [2.24, 2.45) is 0 Å². The molecule has 0 aliphatic carbocycles. The lowest BCUT2D eigenvalue weighted by Gasteiger charge is -2.05. The van der Waals surface area contributed by atoms with Crippen molar-refractivity contribution in [3.63, 3.8) is 0 Å². The molecular formula is C16H14FNO2. The van der Waals surface area contributed by atoms with Crippen molar-refractivity contribution in [3.05, 3.63) is 86.8 Å². The van der Waals surface area contributed by atoms with E-state index in [4.69, 9.17) is 0 Å². The molecule has 0 bridgehead atoms. The fourth-order valence-electron chi connectivity index (χ4n) is 1.95. The maximum Gasteiger partial charge on any atom is 0.251 e. The minimum atomic E-state index is -0.419. The van der Waals surface area contributed by atoms with E-state index >= 15 is 0 Å². The maximum absolute atomic E-state index is 13.5. The molecule has 0 atom stereocenters. The van der Waals surface area contributed by atoms with E-state index in [1.165, 1.54) is 12.1 Å². The fourth-order valence-corrected chi connectivity index (χ4v) is 1.95. The third-order valence-electron chi connectivity index (χ3n) is 3.12. The van der Waals surface area contributed by atoms with Gasteiger partial charge in [-0.25, -0.2) is 4.39 Å². The monoisotopic (exact) mass is 271 g/mol. The normalized spacial score (nSPS) is 11.4. The van der Waals surface area contributed by atoms with Crippen LogP contribution in [-0.4, -0.2) is 4.92 Å². The summed E-state index contributed by atoms with van der Waals surface area (Å²) in [5.41, 5.74) is 1.88. The van der Waals surface area contributed by atoms with E-state index in [9.17, 15) is 14.5 Å². The first-order valence-corrected chi connectivity index (χ1v) is 6.22.